The van der Waals surface area contributed by atoms with E-state index in [-0.39, 0.29) is 17.0 Å². The first-order valence-corrected chi connectivity index (χ1v) is 14.2. The summed E-state index contributed by atoms with van der Waals surface area (Å²) in [5.41, 5.74) is 8.43. The molecule has 3 fully saturated rings. The molecule has 4 heteroatoms. The number of nitrogens with one attached hydrogen (secondary N) is 1. The highest BCUT2D eigenvalue weighted by atomic mass is 79.9. The molecule has 8 atom stereocenters. The van der Waals surface area contributed by atoms with Gasteiger partial charge in [0, 0.05) is 5.25 Å². The molecule has 3 N–H and O–H groups in total. The van der Waals surface area contributed by atoms with Crippen molar-refractivity contribution in [2.75, 3.05) is 0 Å². The second-order valence-electron chi connectivity index (χ2n) is 12.6. The Bertz CT molecular complexity index is 706. The predicted molar refractivity (Wildman–Crippen MR) is 147 cm³/mol. The lowest BCUT2D eigenvalue weighted by Crippen LogP contribution is -2.50. The van der Waals surface area contributed by atoms with Crippen LogP contribution in [0.25, 0.3) is 0 Å². The summed E-state index contributed by atoms with van der Waals surface area (Å²) in [6.45, 7) is 12.6. The van der Waals surface area contributed by atoms with E-state index in [1.165, 1.54) is 70.6 Å². The highest BCUT2D eigenvalue weighted by molar-refractivity contribution is 8.93. The van der Waals surface area contributed by atoms with Crippen LogP contribution >= 0.6 is 28.7 Å². The van der Waals surface area contributed by atoms with Crippen molar-refractivity contribution < 1.29 is 0 Å². The molecule has 184 valence electrons. The van der Waals surface area contributed by atoms with Gasteiger partial charge in [0.2, 0.25) is 0 Å². The average Bonchev–Trinajstić information content (AvgIpc) is 3.05. The van der Waals surface area contributed by atoms with Crippen molar-refractivity contribution in [1.82, 2.24) is 0 Å². The molecule has 0 unspecified atom stereocenters. The van der Waals surface area contributed by atoms with E-state index in [4.69, 9.17) is 11.1 Å². The lowest BCUT2D eigenvalue weighted by Gasteiger charge is -2.58. The maximum Gasteiger partial charge on any atom is 0.151 e. The van der Waals surface area contributed by atoms with Crippen LogP contribution in [-0.2, 0) is 0 Å². The van der Waals surface area contributed by atoms with E-state index < -0.39 is 0 Å². The number of amidine groups is 1. The predicted octanol–water partition coefficient (Wildman–Crippen LogP) is 8.60. The molecule has 2 nitrogen and oxygen atoms in total. The van der Waals surface area contributed by atoms with Crippen LogP contribution in [0.3, 0.4) is 0 Å². The molecule has 3 saturated carbocycles. The van der Waals surface area contributed by atoms with Gasteiger partial charge in [-0.3, -0.25) is 5.41 Å². The summed E-state index contributed by atoms with van der Waals surface area (Å²) >= 11 is 1.61. The minimum atomic E-state index is 0. The van der Waals surface area contributed by atoms with Crippen molar-refractivity contribution in [2.45, 2.75) is 110 Å². The van der Waals surface area contributed by atoms with Crippen molar-refractivity contribution in [1.29, 1.82) is 5.41 Å². The standard InChI is InChI=1S/C28H48N2S.BrH/c1-18(2)7-6-8-19(3)23-11-12-24-22-10-9-20-17-21(31-26(29)30)13-15-27(20,4)25(22)14-16-28(23,24)5;/h9,18-19,21-25H,6-8,10-17H2,1-5H3,(H3,29,30);1H/t19-,21+,22+,23-,24+,25+,27+,28-;/m1./s1. The fraction of sp³-hybridized carbons (Fsp3) is 0.893. The van der Waals surface area contributed by atoms with Crippen LogP contribution in [0.1, 0.15) is 105 Å². The van der Waals surface area contributed by atoms with Crippen LogP contribution in [0.5, 0.6) is 0 Å². The third-order valence-electron chi connectivity index (χ3n) is 10.6. The van der Waals surface area contributed by atoms with Crippen molar-refractivity contribution in [3.8, 4) is 0 Å². The number of thioether (sulfide) groups is 1. The number of halogens is 1. The number of nitrogens with two attached hydrogens (primary N) is 1. The fourth-order valence-corrected chi connectivity index (χ4v) is 9.79. The maximum atomic E-state index is 7.70. The molecule has 0 saturated heterocycles. The van der Waals surface area contributed by atoms with Gasteiger partial charge in [0.05, 0.1) is 0 Å². The van der Waals surface area contributed by atoms with Gasteiger partial charge >= 0.3 is 0 Å². The van der Waals surface area contributed by atoms with Crippen LogP contribution in [0, 0.1) is 51.7 Å². The molecule has 0 aromatic rings. The highest BCUT2D eigenvalue weighted by Gasteiger charge is 2.59. The van der Waals surface area contributed by atoms with Crippen LogP contribution in [0.4, 0.5) is 0 Å². The Morgan fingerprint density at radius 1 is 1.09 bits per heavy atom. The molecule has 0 amide bonds. The van der Waals surface area contributed by atoms with E-state index in [0.717, 1.165) is 35.5 Å². The van der Waals surface area contributed by atoms with E-state index >= 15 is 0 Å². The van der Waals surface area contributed by atoms with Gasteiger partial charge < -0.3 is 5.73 Å². The SMILES string of the molecule is Br.CC(C)CCC[C@@H](C)[C@H]1CC[C@H]2[C@@H]3CC=C4C[C@@H](SC(=N)N)CC[C@]4(C)[C@H]3CC[C@]12C. The summed E-state index contributed by atoms with van der Waals surface area (Å²) in [5, 5.41) is 8.53. The van der Waals surface area contributed by atoms with Crippen LogP contribution in [0.2, 0.25) is 0 Å². The smallest absolute Gasteiger partial charge is 0.151 e. The lowest BCUT2D eigenvalue weighted by molar-refractivity contribution is -0.0497. The van der Waals surface area contributed by atoms with Crippen molar-refractivity contribution in [2.24, 2.45) is 52.1 Å². The molecule has 0 aromatic carbocycles. The second kappa shape index (κ2) is 10.3. The summed E-state index contributed by atoms with van der Waals surface area (Å²) < 4.78 is 0. The molecule has 0 aromatic heterocycles. The van der Waals surface area contributed by atoms with Gasteiger partial charge in [-0.15, -0.1) is 17.0 Å². The van der Waals surface area contributed by atoms with Gasteiger partial charge in [-0.25, -0.2) is 0 Å². The van der Waals surface area contributed by atoms with Crippen molar-refractivity contribution in [3.05, 3.63) is 11.6 Å². The first-order valence-electron chi connectivity index (χ1n) is 13.4. The first-order chi connectivity index (χ1) is 14.6. The first kappa shape index (κ1) is 26.6. The Hall–Kier alpha value is 0.0400. The summed E-state index contributed by atoms with van der Waals surface area (Å²) in [7, 11) is 0. The molecule has 4 aliphatic rings. The van der Waals surface area contributed by atoms with Gasteiger partial charge in [-0.1, -0.05) is 77.3 Å². The summed E-state index contributed by atoms with van der Waals surface area (Å²) in [6.07, 6.45) is 17.8. The van der Waals surface area contributed by atoms with Gasteiger partial charge in [-0.05, 0) is 97.7 Å². The molecule has 0 spiro atoms. The quantitative estimate of drug-likeness (QED) is 0.207. The zero-order chi connectivity index (χ0) is 22.4. The highest BCUT2D eigenvalue weighted by Crippen LogP contribution is 2.67. The third-order valence-corrected chi connectivity index (χ3v) is 11.5. The number of allylic oxidation sites excluding steroid dienone is 2. The second-order valence-corrected chi connectivity index (χ2v) is 14.0. The number of hydrogen-bond acceptors (Lipinski definition) is 2. The Balaban J connectivity index is 0.00000289. The minimum Gasteiger partial charge on any atom is -0.379 e. The van der Waals surface area contributed by atoms with Crippen molar-refractivity contribution >= 4 is 33.9 Å². The molecule has 0 heterocycles. The molecular weight excluding hydrogens is 476 g/mol. The molecular formula is C28H49BrN2S. The maximum absolute atomic E-state index is 7.70. The zero-order valence-corrected chi connectivity index (χ0v) is 23.8. The third kappa shape index (κ3) is 4.88. The van der Waals surface area contributed by atoms with Gasteiger partial charge in [0.1, 0.15) is 0 Å². The Kier molecular flexibility index (Phi) is 8.61. The summed E-state index contributed by atoms with van der Waals surface area (Å²) in [4.78, 5) is 0. The Labute approximate surface area is 213 Å². The molecule has 0 radical (unpaired) electrons. The molecule has 0 bridgehead atoms. The number of fused-ring (bicyclic) bond motifs is 5. The summed E-state index contributed by atoms with van der Waals surface area (Å²) in [6, 6.07) is 0. The minimum absolute atomic E-state index is 0. The topological polar surface area (TPSA) is 49.9 Å². The normalized spacial score (nSPS) is 41.7. The average molecular weight is 526 g/mol. The van der Waals surface area contributed by atoms with Crippen LogP contribution in [0.15, 0.2) is 11.6 Å². The molecule has 4 rings (SSSR count). The van der Waals surface area contributed by atoms with Gasteiger partial charge in [0.15, 0.2) is 5.17 Å². The van der Waals surface area contributed by atoms with E-state index in [1.807, 2.05) is 0 Å². The largest absolute Gasteiger partial charge is 0.379 e. The van der Waals surface area contributed by atoms with Crippen LogP contribution in [-0.4, -0.2) is 10.4 Å². The number of hydrogen-bond donors (Lipinski definition) is 2. The molecule has 32 heavy (non-hydrogen) atoms. The Morgan fingerprint density at radius 3 is 2.53 bits per heavy atom. The lowest BCUT2D eigenvalue weighted by atomic mass is 9.47. The molecule has 0 aliphatic heterocycles. The monoisotopic (exact) mass is 524 g/mol. The number of rotatable bonds is 6. The molecule has 4 aliphatic carbocycles. The van der Waals surface area contributed by atoms with Gasteiger partial charge in [-0.2, -0.15) is 0 Å². The van der Waals surface area contributed by atoms with E-state index in [9.17, 15) is 0 Å². The fourth-order valence-electron chi connectivity index (χ4n) is 8.93. The zero-order valence-electron chi connectivity index (χ0n) is 21.3. The van der Waals surface area contributed by atoms with E-state index in [2.05, 4.69) is 40.7 Å². The summed E-state index contributed by atoms with van der Waals surface area (Å²) in [5.74, 6) is 5.45. The van der Waals surface area contributed by atoms with Crippen molar-refractivity contribution in [3.63, 3.8) is 0 Å². The van der Waals surface area contributed by atoms with E-state index in [1.54, 1.807) is 17.3 Å². The van der Waals surface area contributed by atoms with Gasteiger partial charge in [0.25, 0.3) is 0 Å². The Morgan fingerprint density at radius 2 is 1.84 bits per heavy atom. The van der Waals surface area contributed by atoms with E-state index in [0.29, 0.717) is 21.2 Å². The van der Waals surface area contributed by atoms with Crippen LogP contribution < -0.4 is 5.73 Å².